The molecule has 35 heavy (non-hydrogen) atoms. The van der Waals surface area contributed by atoms with Crippen molar-refractivity contribution in [2.24, 2.45) is 11.7 Å². The molecule has 1 atom stereocenters. The lowest BCUT2D eigenvalue weighted by Gasteiger charge is -2.28. The maximum atomic E-state index is 13.2. The zero-order chi connectivity index (χ0) is 26.0. The Bertz CT molecular complexity index is 1130. The minimum Gasteiger partial charge on any atom is -0.493 e. The molecule has 0 radical (unpaired) electrons. The van der Waals surface area contributed by atoms with Gasteiger partial charge in [0.05, 0.1) is 24.1 Å². The first-order chi connectivity index (χ1) is 16.6. The molecule has 0 heterocycles. The van der Waals surface area contributed by atoms with Crippen molar-refractivity contribution in [3.63, 3.8) is 0 Å². The van der Waals surface area contributed by atoms with E-state index in [0.29, 0.717) is 36.9 Å². The number of ether oxygens (including phenoxy) is 1. The van der Waals surface area contributed by atoms with Gasteiger partial charge < -0.3 is 15.4 Å². The second kappa shape index (κ2) is 13.5. The highest BCUT2D eigenvalue weighted by atomic mass is 35.5. The monoisotopic (exact) mass is 519 g/mol. The smallest absolute Gasteiger partial charge is 0.241 e. The molecule has 1 amide bonds. The van der Waals surface area contributed by atoms with Crippen LogP contribution in [0.2, 0.25) is 5.02 Å². The summed E-state index contributed by atoms with van der Waals surface area (Å²) in [7, 11) is -3.66. The number of carbonyl (C=O) groups is 1. The van der Waals surface area contributed by atoms with Crippen LogP contribution in [0, 0.1) is 18.3 Å². The van der Waals surface area contributed by atoms with E-state index in [-0.39, 0.29) is 23.3 Å². The third kappa shape index (κ3) is 8.55. The number of nitrogens with zero attached hydrogens (tertiary/aromatic N) is 1. The third-order valence-corrected chi connectivity index (χ3v) is 7.08. The number of hydrogen-bond donors (Lipinski definition) is 2. The molecule has 0 aliphatic heterocycles. The normalized spacial score (nSPS) is 12.3. The van der Waals surface area contributed by atoms with Gasteiger partial charge in [0, 0.05) is 23.7 Å². The average Bonchev–Trinajstić information content (AvgIpc) is 2.84. The standard InChI is InChI=1S/C26H34ClN3O4S/c1-5-14-29-35(32,33)23-10-7-20(8-11-23)13-15-30(26(31)25(28)19(3)4)18-21-17-22(27)9-12-24(21)34-16-6-2/h1,7-12,17,19,25,29H,6,13-16,18,28H2,2-4H3. The lowest BCUT2D eigenvalue weighted by atomic mass is 10.0. The maximum Gasteiger partial charge on any atom is 0.241 e. The second-order valence-electron chi connectivity index (χ2n) is 8.55. The van der Waals surface area contributed by atoms with Crippen molar-refractivity contribution in [1.29, 1.82) is 0 Å². The van der Waals surface area contributed by atoms with E-state index < -0.39 is 16.1 Å². The largest absolute Gasteiger partial charge is 0.493 e. The molecule has 0 aliphatic rings. The van der Waals surface area contributed by atoms with Gasteiger partial charge in [-0.25, -0.2) is 8.42 Å². The molecule has 7 nitrogen and oxygen atoms in total. The second-order valence-corrected chi connectivity index (χ2v) is 10.8. The SMILES string of the molecule is C#CCNS(=O)(=O)c1ccc(CCN(Cc2cc(Cl)ccc2OCCC)C(=O)C(N)C(C)C)cc1. The molecule has 0 aliphatic carbocycles. The molecule has 0 aromatic heterocycles. The Morgan fingerprint density at radius 3 is 2.51 bits per heavy atom. The number of benzene rings is 2. The van der Waals surface area contributed by atoms with Crippen LogP contribution in [0.3, 0.4) is 0 Å². The molecular weight excluding hydrogens is 486 g/mol. The van der Waals surface area contributed by atoms with Crippen LogP contribution < -0.4 is 15.2 Å². The Labute approximate surface area is 214 Å². The van der Waals surface area contributed by atoms with Crippen LogP contribution >= 0.6 is 11.6 Å². The van der Waals surface area contributed by atoms with E-state index >= 15 is 0 Å². The van der Waals surface area contributed by atoms with E-state index in [0.717, 1.165) is 17.5 Å². The Kier molecular flexibility index (Phi) is 11.1. The summed E-state index contributed by atoms with van der Waals surface area (Å²) < 4.78 is 32.7. The summed E-state index contributed by atoms with van der Waals surface area (Å²) in [6, 6.07) is 11.2. The van der Waals surface area contributed by atoms with Crippen LogP contribution in [0.1, 0.15) is 38.3 Å². The van der Waals surface area contributed by atoms with Crippen LogP contribution in [0.25, 0.3) is 0 Å². The first-order valence-electron chi connectivity index (χ1n) is 11.6. The number of sulfonamides is 1. The molecule has 2 rings (SSSR count). The molecule has 2 aromatic carbocycles. The fourth-order valence-corrected chi connectivity index (χ4v) is 4.44. The fourth-order valence-electron chi connectivity index (χ4n) is 3.31. The number of nitrogens with two attached hydrogens (primary N) is 1. The zero-order valence-electron chi connectivity index (χ0n) is 20.5. The summed E-state index contributed by atoms with van der Waals surface area (Å²) in [6.07, 6.45) is 6.50. The molecule has 190 valence electrons. The van der Waals surface area contributed by atoms with Gasteiger partial charge in [0.15, 0.2) is 0 Å². The van der Waals surface area contributed by atoms with Crippen LogP contribution in [0.5, 0.6) is 5.75 Å². The molecule has 2 aromatic rings. The number of rotatable bonds is 13. The highest BCUT2D eigenvalue weighted by Crippen LogP contribution is 2.25. The lowest BCUT2D eigenvalue weighted by molar-refractivity contribution is -0.134. The summed E-state index contributed by atoms with van der Waals surface area (Å²) >= 11 is 6.23. The third-order valence-electron chi connectivity index (χ3n) is 5.43. The number of halogens is 1. The molecule has 0 saturated carbocycles. The molecule has 0 bridgehead atoms. The van der Waals surface area contributed by atoms with E-state index in [1.165, 1.54) is 12.1 Å². The van der Waals surface area contributed by atoms with Gasteiger partial charge in [0.1, 0.15) is 5.75 Å². The van der Waals surface area contributed by atoms with Crippen molar-refractivity contribution in [2.45, 2.75) is 51.1 Å². The number of amides is 1. The molecule has 0 spiro atoms. The van der Waals surface area contributed by atoms with E-state index in [2.05, 4.69) is 10.6 Å². The summed E-state index contributed by atoms with van der Waals surface area (Å²) in [5.41, 5.74) is 7.89. The number of nitrogens with one attached hydrogen (secondary N) is 1. The first-order valence-corrected chi connectivity index (χ1v) is 13.4. The van der Waals surface area contributed by atoms with Crippen LogP contribution in [0.4, 0.5) is 0 Å². The van der Waals surface area contributed by atoms with Gasteiger partial charge in [-0.1, -0.05) is 50.4 Å². The number of hydrogen-bond acceptors (Lipinski definition) is 5. The van der Waals surface area contributed by atoms with Crippen LogP contribution in [-0.2, 0) is 27.8 Å². The van der Waals surface area contributed by atoms with Crippen LogP contribution in [-0.4, -0.2) is 45.0 Å². The van der Waals surface area contributed by atoms with Crippen molar-refractivity contribution in [3.8, 4) is 18.1 Å². The quantitative estimate of drug-likeness (QED) is 0.394. The van der Waals surface area contributed by atoms with E-state index in [4.69, 9.17) is 28.5 Å². The van der Waals surface area contributed by atoms with Gasteiger partial charge in [-0.3, -0.25) is 4.79 Å². The minimum absolute atomic E-state index is 0.0276. The topological polar surface area (TPSA) is 102 Å². The highest BCUT2D eigenvalue weighted by molar-refractivity contribution is 7.89. The Morgan fingerprint density at radius 1 is 1.23 bits per heavy atom. The van der Waals surface area contributed by atoms with Crippen LogP contribution in [0.15, 0.2) is 47.4 Å². The van der Waals surface area contributed by atoms with Crippen molar-refractivity contribution < 1.29 is 17.9 Å². The summed E-state index contributed by atoms with van der Waals surface area (Å²) in [5, 5.41) is 0.555. The molecular formula is C26H34ClN3O4S. The number of carbonyl (C=O) groups excluding carboxylic acids is 1. The molecule has 3 N–H and O–H groups in total. The molecule has 0 saturated heterocycles. The van der Waals surface area contributed by atoms with E-state index in [1.807, 2.05) is 26.8 Å². The van der Waals surface area contributed by atoms with Gasteiger partial charge in [-0.05, 0) is 54.7 Å². The van der Waals surface area contributed by atoms with E-state index in [1.54, 1.807) is 29.2 Å². The average molecular weight is 520 g/mol. The van der Waals surface area contributed by atoms with Gasteiger partial charge in [-0.15, -0.1) is 6.42 Å². The van der Waals surface area contributed by atoms with E-state index in [9.17, 15) is 13.2 Å². The Hall–Kier alpha value is -2.57. The Morgan fingerprint density at radius 2 is 1.91 bits per heavy atom. The summed E-state index contributed by atoms with van der Waals surface area (Å²) in [5.74, 6) is 2.74. The Balaban J connectivity index is 2.23. The van der Waals surface area contributed by atoms with Gasteiger partial charge >= 0.3 is 0 Å². The molecule has 0 fully saturated rings. The molecule has 1 unspecified atom stereocenters. The first kappa shape index (κ1) is 28.7. The van der Waals surface area contributed by atoms with Crippen molar-refractivity contribution >= 4 is 27.5 Å². The maximum absolute atomic E-state index is 13.2. The predicted molar refractivity (Wildman–Crippen MR) is 140 cm³/mol. The van der Waals surface area contributed by atoms with Crippen molar-refractivity contribution in [3.05, 3.63) is 58.6 Å². The van der Waals surface area contributed by atoms with Gasteiger partial charge in [0.2, 0.25) is 15.9 Å². The highest BCUT2D eigenvalue weighted by Gasteiger charge is 2.25. The van der Waals surface area contributed by atoms with Gasteiger partial charge in [0.25, 0.3) is 0 Å². The lowest BCUT2D eigenvalue weighted by Crippen LogP contribution is -2.46. The molecule has 9 heteroatoms. The zero-order valence-corrected chi connectivity index (χ0v) is 22.0. The fraction of sp³-hybridized carbons (Fsp3) is 0.423. The minimum atomic E-state index is -3.66. The van der Waals surface area contributed by atoms with Crippen molar-refractivity contribution in [1.82, 2.24) is 9.62 Å². The van der Waals surface area contributed by atoms with Gasteiger partial charge in [-0.2, -0.15) is 4.72 Å². The number of terminal acetylenes is 1. The van der Waals surface area contributed by atoms with Crippen molar-refractivity contribution in [2.75, 3.05) is 19.7 Å². The predicted octanol–water partition coefficient (Wildman–Crippen LogP) is 3.59. The summed E-state index contributed by atoms with van der Waals surface area (Å²) in [4.78, 5) is 15.1. The summed E-state index contributed by atoms with van der Waals surface area (Å²) in [6.45, 7) is 6.99.